The Labute approximate surface area is 119 Å². The molecule has 6 heteroatoms. The van der Waals surface area contributed by atoms with E-state index < -0.39 is 17.5 Å². The summed E-state index contributed by atoms with van der Waals surface area (Å²) in [5.41, 5.74) is 6.11. The van der Waals surface area contributed by atoms with Crippen LogP contribution in [0.5, 0.6) is 0 Å². The third-order valence-electron chi connectivity index (χ3n) is 2.80. The topological polar surface area (TPSA) is 55.1 Å². The number of hydrogen-bond donors (Lipinski definition) is 2. The van der Waals surface area contributed by atoms with Crippen molar-refractivity contribution in [1.82, 2.24) is 0 Å². The molecule has 104 valence electrons. The van der Waals surface area contributed by atoms with Crippen LogP contribution < -0.4 is 11.1 Å². The molecular formula is C14H11ClF2N2O. The first-order valence-corrected chi connectivity index (χ1v) is 6.09. The van der Waals surface area contributed by atoms with Crippen LogP contribution in [0.3, 0.4) is 0 Å². The van der Waals surface area contributed by atoms with Gasteiger partial charge in [0.2, 0.25) is 0 Å². The Balaban J connectivity index is 2.32. The van der Waals surface area contributed by atoms with E-state index in [9.17, 15) is 13.6 Å². The highest BCUT2D eigenvalue weighted by Gasteiger charge is 2.16. The van der Waals surface area contributed by atoms with Gasteiger partial charge in [0.25, 0.3) is 5.91 Å². The van der Waals surface area contributed by atoms with Crippen LogP contribution in [0.15, 0.2) is 30.3 Å². The number of benzene rings is 2. The molecule has 2 aromatic rings. The summed E-state index contributed by atoms with van der Waals surface area (Å²) in [7, 11) is 0. The number of nitrogen functional groups attached to an aromatic ring is 1. The van der Waals surface area contributed by atoms with Crippen LogP contribution in [0, 0.1) is 18.6 Å². The lowest BCUT2D eigenvalue weighted by molar-refractivity contribution is 0.102. The lowest BCUT2D eigenvalue weighted by atomic mass is 10.1. The number of nitrogens with two attached hydrogens (primary N) is 1. The van der Waals surface area contributed by atoms with E-state index >= 15 is 0 Å². The molecule has 0 aromatic heterocycles. The fraction of sp³-hybridized carbons (Fsp3) is 0.0714. The van der Waals surface area contributed by atoms with E-state index in [1.54, 1.807) is 13.0 Å². The van der Waals surface area contributed by atoms with Gasteiger partial charge in [-0.2, -0.15) is 0 Å². The van der Waals surface area contributed by atoms with Gasteiger partial charge in [0.1, 0.15) is 5.69 Å². The molecule has 0 aliphatic rings. The van der Waals surface area contributed by atoms with Crippen LogP contribution in [0.4, 0.5) is 20.2 Å². The second-order valence-corrected chi connectivity index (χ2v) is 4.65. The van der Waals surface area contributed by atoms with Crippen molar-refractivity contribution in [2.75, 3.05) is 11.1 Å². The van der Waals surface area contributed by atoms with E-state index in [-0.39, 0.29) is 16.9 Å². The van der Waals surface area contributed by atoms with E-state index in [2.05, 4.69) is 5.32 Å². The van der Waals surface area contributed by atoms with Crippen LogP contribution >= 0.6 is 11.6 Å². The second-order valence-electron chi connectivity index (χ2n) is 4.24. The predicted octanol–water partition coefficient (Wildman–Crippen LogP) is 3.76. The molecule has 0 atom stereocenters. The number of anilines is 2. The Morgan fingerprint density at radius 2 is 1.95 bits per heavy atom. The summed E-state index contributed by atoms with van der Waals surface area (Å²) in [6, 6.07) is 6.70. The molecule has 0 radical (unpaired) electrons. The van der Waals surface area contributed by atoms with Gasteiger partial charge in [0.15, 0.2) is 11.6 Å². The molecule has 2 aromatic carbocycles. The first-order valence-electron chi connectivity index (χ1n) is 5.71. The van der Waals surface area contributed by atoms with E-state index in [0.29, 0.717) is 5.02 Å². The van der Waals surface area contributed by atoms with E-state index in [0.717, 1.165) is 11.6 Å². The highest BCUT2D eigenvalue weighted by Crippen LogP contribution is 2.25. The maximum absolute atomic E-state index is 13.6. The quantitative estimate of drug-likeness (QED) is 0.829. The lowest BCUT2D eigenvalue weighted by Gasteiger charge is -2.10. The fourth-order valence-electron chi connectivity index (χ4n) is 1.61. The van der Waals surface area contributed by atoms with Crippen LogP contribution in [-0.2, 0) is 0 Å². The number of halogens is 3. The number of carbonyl (C=O) groups excluding carboxylic acids is 1. The van der Waals surface area contributed by atoms with Crippen molar-refractivity contribution in [3.8, 4) is 0 Å². The van der Waals surface area contributed by atoms with E-state index in [1.165, 1.54) is 18.2 Å². The number of amides is 1. The summed E-state index contributed by atoms with van der Waals surface area (Å²) in [6.45, 7) is 1.79. The minimum absolute atomic E-state index is 0.0598. The highest BCUT2D eigenvalue weighted by atomic mass is 35.5. The summed E-state index contributed by atoms with van der Waals surface area (Å²) in [5.74, 6) is -2.91. The number of carbonyl (C=O) groups is 1. The molecule has 0 fully saturated rings. The third-order valence-corrected chi connectivity index (χ3v) is 3.21. The van der Waals surface area contributed by atoms with Gasteiger partial charge in [0, 0.05) is 10.6 Å². The van der Waals surface area contributed by atoms with Crippen molar-refractivity contribution in [2.45, 2.75) is 6.92 Å². The maximum Gasteiger partial charge on any atom is 0.255 e. The molecule has 3 nitrogen and oxygen atoms in total. The first-order chi connectivity index (χ1) is 9.40. The average molecular weight is 297 g/mol. The normalized spacial score (nSPS) is 10.4. The zero-order chi connectivity index (χ0) is 14.9. The van der Waals surface area contributed by atoms with Gasteiger partial charge in [-0.05, 0) is 36.8 Å². The minimum atomic E-state index is -1.20. The Kier molecular flexibility index (Phi) is 3.90. The smallest absolute Gasteiger partial charge is 0.255 e. The molecule has 0 aliphatic heterocycles. The van der Waals surface area contributed by atoms with Gasteiger partial charge < -0.3 is 11.1 Å². The summed E-state index contributed by atoms with van der Waals surface area (Å²) < 4.78 is 26.7. The monoisotopic (exact) mass is 296 g/mol. The molecule has 0 unspecified atom stereocenters. The third kappa shape index (κ3) is 2.72. The van der Waals surface area contributed by atoms with Crippen molar-refractivity contribution < 1.29 is 13.6 Å². The molecular weight excluding hydrogens is 286 g/mol. The molecule has 0 bridgehead atoms. The van der Waals surface area contributed by atoms with Crippen molar-refractivity contribution in [3.05, 3.63) is 58.1 Å². The van der Waals surface area contributed by atoms with Crippen molar-refractivity contribution >= 4 is 28.9 Å². The highest BCUT2D eigenvalue weighted by molar-refractivity contribution is 6.31. The van der Waals surface area contributed by atoms with Crippen molar-refractivity contribution in [2.24, 2.45) is 0 Å². The Hall–Kier alpha value is -2.14. The molecule has 1 amide bonds. The summed E-state index contributed by atoms with van der Waals surface area (Å²) in [5, 5.41) is 2.65. The van der Waals surface area contributed by atoms with Crippen LogP contribution in [-0.4, -0.2) is 5.91 Å². The molecule has 3 N–H and O–H groups in total. The molecule has 0 saturated carbocycles. The van der Waals surface area contributed by atoms with Gasteiger partial charge >= 0.3 is 0 Å². The van der Waals surface area contributed by atoms with Gasteiger partial charge in [-0.25, -0.2) is 8.78 Å². The largest absolute Gasteiger partial charge is 0.397 e. The maximum atomic E-state index is 13.6. The van der Waals surface area contributed by atoms with Crippen LogP contribution in [0.2, 0.25) is 5.02 Å². The summed E-state index contributed by atoms with van der Waals surface area (Å²) in [4.78, 5) is 12.0. The SMILES string of the molecule is Cc1ccc(C(=O)Nc2c(N)ccc(F)c2F)cc1Cl. The standard InChI is InChI=1S/C14H11ClF2N2O/c1-7-2-3-8(6-9(7)15)14(20)19-13-11(18)5-4-10(16)12(13)17/h2-6H,18H2,1H3,(H,19,20). The first kappa shape index (κ1) is 14.3. The zero-order valence-corrected chi connectivity index (χ0v) is 11.3. The molecule has 0 heterocycles. The van der Waals surface area contributed by atoms with Gasteiger partial charge in [-0.3, -0.25) is 4.79 Å². The second kappa shape index (κ2) is 5.46. The molecule has 0 aliphatic carbocycles. The number of aryl methyl sites for hydroxylation is 1. The van der Waals surface area contributed by atoms with Gasteiger partial charge in [0.05, 0.1) is 5.69 Å². The van der Waals surface area contributed by atoms with E-state index in [4.69, 9.17) is 17.3 Å². The summed E-state index contributed by atoms with van der Waals surface area (Å²) >= 11 is 5.91. The number of hydrogen-bond acceptors (Lipinski definition) is 2. The molecule has 2 rings (SSSR count). The number of nitrogens with one attached hydrogen (secondary N) is 1. The van der Waals surface area contributed by atoms with Gasteiger partial charge in [-0.1, -0.05) is 17.7 Å². The van der Waals surface area contributed by atoms with Crippen molar-refractivity contribution in [1.29, 1.82) is 0 Å². The molecule has 20 heavy (non-hydrogen) atoms. The Morgan fingerprint density at radius 3 is 2.60 bits per heavy atom. The lowest BCUT2D eigenvalue weighted by Crippen LogP contribution is -2.15. The minimum Gasteiger partial charge on any atom is -0.397 e. The predicted molar refractivity (Wildman–Crippen MR) is 74.9 cm³/mol. The molecule has 0 spiro atoms. The van der Waals surface area contributed by atoms with Crippen LogP contribution in [0.25, 0.3) is 0 Å². The van der Waals surface area contributed by atoms with Crippen molar-refractivity contribution in [3.63, 3.8) is 0 Å². The van der Waals surface area contributed by atoms with Crippen LogP contribution in [0.1, 0.15) is 15.9 Å². The fourth-order valence-corrected chi connectivity index (χ4v) is 1.79. The zero-order valence-electron chi connectivity index (χ0n) is 10.5. The average Bonchev–Trinajstić information content (AvgIpc) is 2.42. The summed E-state index contributed by atoms with van der Waals surface area (Å²) in [6.07, 6.45) is 0. The van der Waals surface area contributed by atoms with E-state index in [1.807, 2.05) is 0 Å². The Morgan fingerprint density at radius 1 is 1.25 bits per heavy atom. The molecule has 0 saturated heterocycles. The van der Waals surface area contributed by atoms with Gasteiger partial charge in [-0.15, -0.1) is 0 Å². The Bertz CT molecular complexity index is 689. The number of rotatable bonds is 2.